The summed E-state index contributed by atoms with van der Waals surface area (Å²) in [7, 11) is 1.59. The number of amidine groups is 1. The predicted octanol–water partition coefficient (Wildman–Crippen LogP) is 4.25. The second-order valence-electron chi connectivity index (χ2n) is 7.53. The number of carbonyl (C=O) groups excluding carboxylic acids is 1. The quantitative estimate of drug-likeness (QED) is 0.516. The predicted molar refractivity (Wildman–Crippen MR) is 110 cm³/mol. The summed E-state index contributed by atoms with van der Waals surface area (Å²) < 4.78 is 10.8. The molecule has 158 valence electrons. The van der Waals surface area contributed by atoms with Gasteiger partial charge in [0.05, 0.1) is 18.9 Å². The van der Waals surface area contributed by atoms with Crippen LogP contribution in [0.1, 0.15) is 51.0 Å². The third-order valence-electron chi connectivity index (χ3n) is 5.61. The lowest BCUT2D eigenvalue weighted by Gasteiger charge is -2.37. The van der Waals surface area contributed by atoms with Gasteiger partial charge in [0.15, 0.2) is 23.5 Å². The third kappa shape index (κ3) is 3.62. The molecule has 2 heterocycles. The molecule has 1 aliphatic carbocycles. The summed E-state index contributed by atoms with van der Waals surface area (Å²) in [4.78, 5) is 25.1. The maximum absolute atomic E-state index is 12.5. The zero-order chi connectivity index (χ0) is 21.3. The van der Waals surface area contributed by atoms with Gasteiger partial charge < -0.3 is 14.1 Å². The van der Waals surface area contributed by atoms with Gasteiger partial charge in [-0.15, -0.1) is 5.10 Å². The van der Waals surface area contributed by atoms with E-state index in [2.05, 4.69) is 5.10 Å². The highest BCUT2D eigenvalue weighted by Crippen LogP contribution is 2.41. The van der Waals surface area contributed by atoms with Crippen molar-refractivity contribution in [3.05, 3.63) is 52.3 Å². The second kappa shape index (κ2) is 8.17. The second-order valence-corrected chi connectivity index (χ2v) is 7.53. The fourth-order valence-corrected chi connectivity index (χ4v) is 4.20. The van der Waals surface area contributed by atoms with E-state index in [-0.39, 0.29) is 17.7 Å². The van der Waals surface area contributed by atoms with Crippen LogP contribution in [0.2, 0.25) is 0 Å². The van der Waals surface area contributed by atoms with Crippen molar-refractivity contribution in [2.45, 2.75) is 51.2 Å². The Morgan fingerprint density at radius 1 is 1.17 bits per heavy atom. The van der Waals surface area contributed by atoms with Crippen LogP contribution in [0.4, 0.5) is 11.6 Å². The third-order valence-corrected chi connectivity index (χ3v) is 5.61. The number of benzene rings is 1. The Kier molecular flexibility index (Phi) is 5.43. The van der Waals surface area contributed by atoms with Crippen molar-refractivity contribution in [1.82, 2.24) is 4.90 Å². The van der Waals surface area contributed by atoms with Gasteiger partial charge in [-0.25, -0.2) is 5.01 Å². The summed E-state index contributed by atoms with van der Waals surface area (Å²) in [6.45, 7) is 1.49. The number of ether oxygens (including phenoxy) is 1. The Balaban J connectivity index is 1.80. The lowest BCUT2D eigenvalue weighted by Crippen LogP contribution is -2.45. The normalized spacial score (nSPS) is 19.7. The van der Waals surface area contributed by atoms with Crippen molar-refractivity contribution in [3.63, 3.8) is 0 Å². The van der Waals surface area contributed by atoms with Crippen molar-refractivity contribution >= 4 is 23.2 Å². The first kappa shape index (κ1) is 19.9. The lowest BCUT2D eigenvalue weighted by molar-refractivity contribution is -0.402. The highest BCUT2D eigenvalue weighted by molar-refractivity contribution is 6.38. The van der Waals surface area contributed by atoms with E-state index >= 15 is 0 Å². The van der Waals surface area contributed by atoms with Crippen LogP contribution in [0.15, 0.2) is 45.9 Å². The van der Waals surface area contributed by atoms with Gasteiger partial charge in [-0.05, 0) is 43.2 Å². The van der Waals surface area contributed by atoms with E-state index in [1.807, 2.05) is 29.2 Å². The van der Waals surface area contributed by atoms with Crippen LogP contribution in [0.25, 0.3) is 0 Å². The van der Waals surface area contributed by atoms with Gasteiger partial charge in [-0.2, -0.15) is 0 Å². The number of methoxy groups -OCH3 is 1. The zero-order valence-electron chi connectivity index (χ0n) is 17.0. The molecule has 2 aliphatic rings. The van der Waals surface area contributed by atoms with Crippen molar-refractivity contribution < 1.29 is 18.9 Å². The van der Waals surface area contributed by atoms with Crippen LogP contribution in [-0.4, -0.2) is 34.6 Å². The topological polar surface area (TPSA) is 101 Å². The molecule has 1 fully saturated rings. The van der Waals surface area contributed by atoms with E-state index in [0.29, 0.717) is 17.3 Å². The molecule has 1 saturated carbocycles. The van der Waals surface area contributed by atoms with Crippen molar-refractivity contribution in [2.75, 3.05) is 12.1 Å². The number of ketones is 1. The smallest absolute Gasteiger partial charge is 0.433 e. The Morgan fingerprint density at radius 3 is 2.43 bits per heavy atom. The number of hydrogen-bond acceptors (Lipinski definition) is 8. The number of hydrogen-bond donors (Lipinski definition) is 0. The molecule has 0 N–H and O–H groups in total. The van der Waals surface area contributed by atoms with Crippen LogP contribution in [0.3, 0.4) is 0 Å². The number of nitrogens with zero attached hydrogens (tertiary/aromatic N) is 4. The molecular formula is C21H24N4O5. The van der Waals surface area contributed by atoms with Crippen LogP contribution < -0.4 is 9.75 Å². The van der Waals surface area contributed by atoms with E-state index in [1.165, 1.54) is 13.0 Å². The monoisotopic (exact) mass is 412 g/mol. The summed E-state index contributed by atoms with van der Waals surface area (Å²) in [5.74, 6) is 0.940. The van der Waals surface area contributed by atoms with Gasteiger partial charge in [0, 0.05) is 13.0 Å². The minimum Gasteiger partial charge on any atom is -0.497 e. The van der Waals surface area contributed by atoms with E-state index in [0.717, 1.165) is 37.8 Å². The first-order valence-corrected chi connectivity index (χ1v) is 10.0. The van der Waals surface area contributed by atoms with Crippen LogP contribution in [0, 0.1) is 10.1 Å². The van der Waals surface area contributed by atoms with Crippen molar-refractivity contribution in [3.8, 4) is 5.75 Å². The molecule has 1 atom stereocenters. The number of furan rings is 1. The minimum atomic E-state index is -0.575. The number of Topliss-reactive ketones (excluding diaryl/α,β-unsaturated/α-hetero) is 1. The summed E-state index contributed by atoms with van der Waals surface area (Å²) in [5, 5.41) is 17.5. The minimum absolute atomic E-state index is 0.110. The number of rotatable bonds is 6. The van der Waals surface area contributed by atoms with Gasteiger partial charge in [-0.3, -0.25) is 14.9 Å². The lowest BCUT2D eigenvalue weighted by atomic mass is 9.93. The molecule has 9 heteroatoms. The van der Waals surface area contributed by atoms with Gasteiger partial charge in [0.1, 0.15) is 10.7 Å². The summed E-state index contributed by atoms with van der Waals surface area (Å²) in [6.07, 6.45) is 4.59. The van der Waals surface area contributed by atoms with E-state index < -0.39 is 11.1 Å². The maximum Gasteiger partial charge on any atom is 0.433 e. The highest BCUT2D eigenvalue weighted by Gasteiger charge is 2.44. The van der Waals surface area contributed by atoms with E-state index in [1.54, 1.807) is 18.2 Å². The molecule has 1 aromatic carbocycles. The Morgan fingerprint density at radius 2 is 1.87 bits per heavy atom. The van der Waals surface area contributed by atoms with E-state index in [4.69, 9.17) is 9.15 Å². The average molecular weight is 412 g/mol. The standard InChI is InChI=1S/C21H24N4O5/c1-14(26)20-22-24(16-8-10-17(29-2)11-9-16)21(18-12-13-19(30-18)25(27)28)23(20)15-6-4-3-5-7-15/h8-13,15,21H,3-7H2,1-2H3/t21-/m0/s1. The number of carbonyl (C=O) groups is 1. The Hall–Kier alpha value is -3.36. The summed E-state index contributed by atoms with van der Waals surface area (Å²) in [6, 6.07) is 10.3. The first-order chi connectivity index (χ1) is 14.5. The molecular weight excluding hydrogens is 388 g/mol. The van der Waals surface area contributed by atoms with Gasteiger partial charge in [-0.1, -0.05) is 19.3 Å². The SMILES string of the molecule is COc1ccc(N2N=C(C(C)=O)N(C3CCCCC3)[C@@H]2c2ccc([N+](=O)[O-])o2)cc1. The van der Waals surface area contributed by atoms with Crippen molar-refractivity contribution in [2.24, 2.45) is 5.10 Å². The van der Waals surface area contributed by atoms with Gasteiger partial charge in [0.25, 0.3) is 0 Å². The largest absolute Gasteiger partial charge is 0.497 e. The molecule has 0 unspecified atom stereocenters. The molecule has 0 amide bonds. The van der Waals surface area contributed by atoms with Crippen LogP contribution >= 0.6 is 0 Å². The molecule has 2 aromatic rings. The molecule has 1 aromatic heterocycles. The summed E-state index contributed by atoms with van der Waals surface area (Å²) >= 11 is 0. The molecule has 0 spiro atoms. The van der Waals surface area contributed by atoms with Crippen LogP contribution in [0.5, 0.6) is 5.75 Å². The molecule has 30 heavy (non-hydrogen) atoms. The average Bonchev–Trinajstić information content (AvgIpc) is 3.39. The number of nitro groups is 1. The Bertz CT molecular complexity index is 962. The highest BCUT2D eigenvalue weighted by atomic mass is 16.6. The maximum atomic E-state index is 12.5. The van der Waals surface area contributed by atoms with E-state index in [9.17, 15) is 14.9 Å². The fourth-order valence-electron chi connectivity index (χ4n) is 4.20. The molecule has 4 rings (SSSR count). The van der Waals surface area contributed by atoms with Gasteiger partial charge >= 0.3 is 5.88 Å². The number of hydrazone groups is 1. The fraction of sp³-hybridized carbons (Fsp3) is 0.429. The summed E-state index contributed by atoms with van der Waals surface area (Å²) in [5.41, 5.74) is 0.733. The number of anilines is 1. The zero-order valence-corrected chi connectivity index (χ0v) is 17.0. The molecule has 0 radical (unpaired) electrons. The molecule has 0 bridgehead atoms. The first-order valence-electron chi connectivity index (χ1n) is 10.0. The van der Waals surface area contributed by atoms with Crippen molar-refractivity contribution in [1.29, 1.82) is 0 Å². The Labute approximate surface area is 174 Å². The molecule has 1 aliphatic heterocycles. The van der Waals surface area contributed by atoms with Crippen LogP contribution in [-0.2, 0) is 4.79 Å². The van der Waals surface area contributed by atoms with Gasteiger partial charge in [0.2, 0.25) is 0 Å². The molecule has 9 nitrogen and oxygen atoms in total. The molecule has 0 saturated heterocycles.